The van der Waals surface area contributed by atoms with E-state index in [-0.39, 0.29) is 11.9 Å². The minimum Gasteiger partial charge on any atom is -0.489 e. The Bertz CT molecular complexity index is 830. The van der Waals surface area contributed by atoms with Gasteiger partial charge in [0.25, 0.3) is 0 Å². The molecule has 1 aliphatic rings. The molecule has 6 nitrogen and oxygen atoms in total. The molecule has 31 heavy (non-hydrogen) atoms. The maximum absolute atomic E-state index is 12.5. The van der Waals surface area contributed by atoms with E-state index in [1.165, 1.54) is 7.11 Å². The second-order valence-corrected chi connectivity index (χ2v) is 8.25. The fourth-order valence-electron chi connectivity index (χ4n) is 3.94. The number of hydrogen-bond acceptors (Lipinski definition) is 5. The van der Waals surface area contributed by atoms with Gasteiger partial charge in [-0.1, -0.05) is 42.5 Å². The zero-order chi connectivity index (χ0) is 22.1. The molecule has 166 valence electrons. The summed E-state index contributed by atoms with van der Waals surface area (Å²) >= 11 is 0. The van der Waals surface area contributed by atoms with Crippen molar-refractivity contribution in [3.05, 3.63) is 65.7 Å². The summed E-state index contributed by atoms with van der Waals surface area (Å²) in [6, 6.07) is 17.1. The zero-order valence-electron chi connectivity index (χ0n) is 18.1. The quantitative estimate of drug-likeness (QED) is 0.602. The molecule has 0 unspecified atom stereocenters. The molecule has 0 heterocycles. The Morgan fingerprint density at radius 1 is 1.00 bits per heavy atom. The van der Waals surface area contributed by atoms with Crippen LogP contribution in [0.1, 0.15) is 43.2 Å². The van der Waals surface area contributed by atoms with E-state index in [9.17, 15) is 9.59 Å². The van der Waals surface area contributed by atoms with Crippen molar-refractivity contribution in [1.82, 2.24) is 5.32 Å². The number of esters is 1. The molecule has 2 aromatic carbocycles. The van der Waals surface area contributed by atoms with E-state index in [0.717, 1.165) is 42.6 Å². The molecule has 1 amide bonds. The summed E-state index contributed by atoms with van der Waals surface area (Å²) in [5, 5.41) is 2.86. The van der Waals surface area contributed by atoms with Gasteiger partial charge in [-0.05, 0) is 54.9 Å². The van der Waals surface area contributed by atoms with Crippen molar-refractivity contribution >= 4 is 11.9 Å². The van der Waals surface area contributed by atoms with Crippen LogP contribution in [0.4, 0.5) is 0 Å². The molecule has 2 aromatic rings. The lowest BCUT2D eigenvalue weighted by atomic mass is 9.84. The molecule has 0 saturated heterocycles. The molecule has 1 fully saturated rings. The number of carbonyl (C=O) groups excluding carboxylic acids is 2. The summed E-state index contributed by atoms with van der Waals surface area (Å²) in [5.74, 6) is 0.531. The van der Waals surface area contributed by atoms with E-state index >= 15 is 0 Å². The number of nitrogens with two attached hydrogens (primary N) is 1. The number of methoxy groups -OCH3 is 1. The molecule has 1 atom stereocenters. The lowest BCUT2D eigenvalue weighted by Crippen LogP contribution is -2.43. The van der Waals surface area contributed by atoms with Crippen LogP contribution in [-0.4, -0.2) is 31.1 Å². The summed E-state index contributed by atoms with van der Waals surface area (Å²) in [6.45, 7) is 0.493. The zero-order valence-corrected chi connectivity index (χ0v) is 18.1. The second kappa shape index (κ2) is 11.5. The summed E-state index contributed by atoms with van der Waals surface area (Å²) in [7, 11) is 1.34. The number of carbonyl (C=O) groups is 2. The number of ether oxygens (including phenoxy) is 2. The molecule has 0 aliphatic heterocycles. The highest BCUT2D eigenvalue weighted by Gasteiger charge is 2.25. The van der Waals surface area contributed by atoms with E-state index in [4.69, 9.17) is 15.2 Å². The topological polar surface area (TPSA) is 90.6 Å². The minimum atomic E-state index is -0.709. The van der Waals surface area contributed by atoms with Gasteiger partial charge in [0.15, 0.2) is 0 Å². The highest BCUT2D eigenvalue weighted by Crippen LogP contribution is 2.25. The average Bonchev–Trinajstić information content (AvgIpc) is 2.80. The average molecular weight is 425 g/mol. The largest absolute Gasteiger partial charge is 0.489 e. The van der Waals surface area contributed by atoms with Gasteiger partial charge < -0.3 is 20.5 Å². The first-order valence-corrected chi connectivity index (χ1v) is 10.9. The van der Waals surface area contributed by atoms with E-state index in [1.54, 1.807) is 0 Å². The van der Waals surface area contributed by atoms with Gasteiger partial charge in [-0.2, -0.15) is 0 Å². The van der Waals surface area contributed by atoms with Crippen LogP contribution in [0.3, 0.4) is 0 Å². The molecule has 0 bridgehead atoms. The third-order valence-electron chi connectivity index (χ3n) is 5.80. The monoisotopic (exact) mass is 424 g/mol. The van der Waals surface area contributed by atoms with Gasteiger partial charge in [-0.3, -0.25) is 4.79 Å². The standard InChI is InChI=1S/C25H32N2O4/c1-30-25(29)23(27-24(28)16-19-7-11-21(26)12-8-19)15-18-9-13-22(14-10-18)31-17-20-5-3-2-4-6-20/h2-6,9-10,13-14,19,21,23H,7-8,11-12,15-17,26H2,1H3,(H,27,28)/t19-,21-,23-/m0/s1. The van der Waals surface area contributed by atoms with Crippen molar-refractivity contribution in [3.8, 4) is 5.75 Å². The predicted molar refractivity (Wildman–Crippen MR) is 119 cm³/mol. The van der Waals surface area contributed by atoms with Crippen LogP contribution in [0.15, 0.2) is 54.6 Å². The number of rotatable bonds is 9. The number of nitrogens with one attached hydrogen (secondary N) is 1. The first kappa shape index (κ1) is 22.8. The molecule has 0 radical (unpaired) electrons. The van der Waals surface area contributed by atoms with Crippen molar-refractivity contribution < 1.29 is 19.1 Å². The minimum absolute atomic E-state index is 0.112. The van der Waals surface area contributed by atoms with Crippen LogP contribution in [-0.2, 0) is 27.4 Å². The Labute approximate surface area is 184 Å². The van der Waals surface area contributed by atoms with Gasteiger partial charge in [0.1, 0.15) is 18.4 Å². The Morgan fingerprint density at radius 3 is 2.32 bits per heavy atom. The van der Waals surface area contributed by atoms with Crippen molar-refractivity contribution in [2.24, 2.45) is 11.7 Å². The van der Waals surface area contributed by atoms with Crippen LogP contribution >= 0.6 is 0 Å². The molecular formula is C25H32N2O4. The van der Waals surface area contributed by atoms with Gasteiger partial charge >= 0.3 is 5.97 Å². The SMILES string of the molecule is COC(=O)[C@H](Cc1ccc(OCc2ccccc2)cc1)NC(=O)C[C@H]1CC[C@H](N)CC1. The Balaban J connectivity index is 1.52. The van der Waals surface area contributed by atoms with E-state index in [0.29, 0.717) is 25.4 Å². The van der Waals surface area contributed by atoms with Gasteiger partial charge in [-0.25, -0.2) is 4.79 Å². The van der Waals surface area contributed by atoms with Gasteiger partial charge in [0, 0.05) is 18.9 Å². The molecule has 1 saturated carbocycles. The first-order valence-electron chi connectivity index (χ1n) is 10.9. The van der Waals surface area contributed by atoms with Crippen LogP contribution in [0, 0.1) is 5.92 Å². The number of hydrogen-bond donors (Lipinski definition) is 2. The molecule has 3 rings (SSSR count). The van der Waals surface area contributed by atoms with Crippen molar-refractivity contribution in [3.63, 3.8) is 0 Å². The molecule has 1 aliphatic carbocycles. The van der Waals surface area contributed by atoms with E-state index in [1.807, 2.05) is 54.6 Å². The van der Waals surface area contributed by atoms with Crippen LogP contribution in [0.2, 0.25) is 0 Å². The maximum Gasteiger partial charge on any atom is 0.328 e. The van der Waals surface area contributed by atoms with E-state index in [2.05, 4.69) is 5.32 Å². The number of amides is 1. The molecule has 3 N–H and O–H groups in total. The third-order valence-corrected chi connectivity index (χ3v) is 5.80. The lowest BCUT2D eigenvalue weighted by Gasteiger charge is -2.26. The fraction of sp³-hybridized carbons (Fsp3) is 0.440. The van der Waals surface area contributed by atoms with Gasteiger partial charge in [-0.15, -0.1) is 0 Å². The molecular weight excluding hydrogens is 392 g/mol. The molecule has 6 heteroatoms. The van der Waals surface area contributed by atoms with E-state index < -0.39 is 12.0 Å². The molecule has 0 aromatic heterocycles. The highest BCUT2D eigenvalue weighted by molar-refractivity contribution is 5.84. The highest BCUT2D eigenvalue weighted by atomic mass is 16.5. The molecule has 0 spiro atoms. The normalized spacial score (nSPS) is 19.3. The third kappa shape index (κ3) is 7.40. The van der Waals surface area contributed by atoms with Crippen LogP contribution in [0.5, 0.6) is 5.75 Å². The Hall–Kier alpha value is -2.86. The summed E-state index contributed by atoms with van der Waals surface area (Å²) in [6.07, 6.45) is 4.62. The van der Waals surface area contributed by atoms with Crippen LogP contribution < -0.4 is 15.8 Å². The summed E-state index contributed by atoms with van der Waals surface area (Å²) in [4.78, 5) is 24.8. The fourth-order valence-corrected chi connectivity index (χ4v) is 3.94. The van der Waals surface area contributed by atoms with Crippen molar-refractivity contribution in [2.45, 2.75) is 57.2 Å². The Kier molecular flexibility index (Phi) is 8.47. The summed E-state index contributed by atoms with van der Waals surface area (Å²) < 4.78 is 10.7. The first-order chi connectivity index (χ1) is 15.0. The smallest absolute Gasteiger partial charge is 0.328 e. The Morgan fingerprint density at radius 2 is 1.68 bits per heavy atom. The predicted octanol–water partition coefficient (Wildman–Crippen LogP) is 3.37. The second-order valence-electron chi connectivity index (χ2n) is 8.25. The van der Waals surface area contributed by atoms with Crippen molar-refractivity contribution in [1.29, 1.82) is 0 Å². The van der Waals surface area contributed by atoms with Gasteiger partial charge in [0.05, 0.1) is 7.11 Å². The lowest BCUT2D eigenvalue weighted by molar-refractivity contribution is -0.145. The maximum atomic E-state index is 12.5. The van der Waals surface area contributed by atoms with Gasteiger partial charge in [0.2, 0.25) is 5.91 Å². The van der Waals surface area contributed by atoms with Crippen molar-refractivity contribution in [2.75, 3.05) is 7.11 Å². The number of benzene rings is 2. The van der Waals surface area contributed by atoms with Crippen LogP contribution in [0.25, 0.3) is 0 Å². The summed E-state index contributed by atoms with van der Waals surface area (Å²) in [5.41, 5.74) is 7.96.